The number of hydrogen-bond acceptors (Lipinski definition) is 2. The van der Waals surface area contributed by atoms with E-state index in [0.29, 0.717) is 24.3 Å². The molecule has 1 saturated carbocycles. The van der Waals surface area contributed by atoms with Crippen LogP contribution in [0.4, 0.5) is 5.69 Å². The molecule has 0 bridgehead atoms. The Kier molecular flexibility index (Phi) is 5.49. The largest absolute Gasteiger partial charge is 0.339 e. The fourth-order valence-electron chi connectivity index (χ4n) is 2.81. The SMILES string of the molecule is CCN(CCc1ccccc1)C(=O)c1cccc(NC(=O)C2CC2)c1. The van der Waals surface area contributed by atoms with E-state index in [4.69, 9.17) is 0 Å². The highest BCUT2D eigenvalue weighted by Gasteiger charge is 2.29. The molecule has 4 nitrogen and oxygen atoms in total. The maximum atomic E-state index is 12.8. The van der Waals surface area contributed by atoms with Crippen LogP contribution < -0.4 is 5.32 Å². The monoisotopic (exact) mass is 336 g/mol. The maximum Gasteiger partial charge on any atom is 0.253 e. The zero-order valence-corrected chi connectivity index (χ0v) is 14.6. The van der Waals surface area contributed by atoms with Gasteiger partial charge in [-0.1, -0.05) is 36.4 Å². The average Bonchev–Trinajstić information content (AvgIpc) is 3.48. The van der Waals surface area contributed by atoms with E-state index in [-0.39, 0.29) is 17.7 Å². The van der Waals surface area contributed by atoms with Gasteiger partial charge in [0.2, 0.25) is 5.91 Å². The molecule has 1 fully saturated rings. The van der Waals surface area contributed by atoms with E-state index in [1.165, 1.54) is 5.56 Å². The molecule has 0 spiro atoms. The van der Waals surface area contributed by atoms with Crippen LogP contribution in [0.15, 0.2) is 54.6 Å². The zero-order chi connectivity index (χ0) is 17.6. The van der Waals surface area contributed by atoms with Crippen molar-refractivity contribution in [1.82, 2.24) is 4.90 Å². The van der Waals surface area contributed by atoms with Gasteiger partial charge < -0.3 is 10.2 Å². The summed E-state index contributed by atoms with van der Waals surface area (Å²) in [5.74, 6) is 0.208. The summed E-state index contributed by atoms with van der Waals surface area (Å²) >= 11 is 0. The molecule has 1 aliphatic rings. The molecule has 1 aliphatic carbocycles. The average molecular weight is 336 g/mol. The zero-order valence-electron chi connectivity index (χ0n) is 14.6. The van der Waals surface area contributed by atoms with E-state index in [9.17, 15) is 9.59 Å². The van der Waals surface area contributed by atoms with Gasteiger partial charge in [0.15, 0.2) is 0 Å². The van der Waals surface area contributed by atoms with Gasteiger partial charge >= 0.3 is 0 Å². The molecule has 0 aliphatic heterocycles. The lowest BCUT2D eigenvalue weighted by Gasteiger charge is -2.21. The van der Waals surface area contributed by atoms with Gasteiger partial charge in [-0.25, -0.2) is 0 Å². The molecule has 0 aromatic heterocycles. The third-order valence-electron chi connectivity index (χ3n) is 4.51. The number of carbonyl (C=O) groups excluding carboxylic acids is 2. The van der Waals surface area contributed by atoms with E-state index in [2.05, 4.69) is 17.4 Å². The number of carbonyl (C=O) groups is 2. The highest BCUT2D eigenvalue weighted by atomic mass is 16.2. The first-order chi connectivity index (χ1) is 12.2. The number of anilines is 1. The maximum absolute atomic E-state index is 12.8. The van der Waals surface area contributed by atoms with Gasteiger partial charge in [0.05, 0.1) is 0 Å². The standard InChI is InChI=1S/C21H24N2O2/c1-2-23(14-13-16-7-4-3-5-8-16)21(25)18-9-6-10-19(15-18)22-20(24)17-11-12-17/h3-10,15,17H,2,11-14H2,1H3,(H,22,24). The number of nitrogens with one attached hydrogen (secondary N) is 1. The summed E-state index contributed by atoms with van der Waals surface area (Å²) in [6.07, 6.45) is 2.76. The first-order valence-corrected chi connectivity index (χ1v) is 8.91. The van der Waals surface area contributed by atoms with Crippen LogP contribution >= 0.6 is 0 Å². The van der Waals surface area contributed by atoms with Crippen molar-refractivity contribution in [3.05, 3.63) is 65.7 Å². The van der Waals surface area contributed by atoms with Gasteiger partial charge in [0.1, 0.15) is 0 Å². The Morgan fingerprint density at radius 2 is 1.84 bits per heavy atom. The van der Waals surface area contributed by atoms with Crippen LogP contribution in [-0.2, 0) is 11.2 Å². The second-order valence-electron chi connectivity index (χ2n) is 6.46. The summed E-state index contributed by atoms with van der Waals surface area (Å²) in [6, 6.07) is 17.4. The van der Waals surface area contributed by atoms with Crippen molar-refractivity contribution in [3.63, 3.8) is 0 Å². The highest BCUT2D eigenvalue weighted by Crippen LogP contribution is 2.30. The lowest BCUT2D eigenvalue weighted by Crippen LogP contribution is -2.32. The Morgan fingerprint density at radius 1 is 1.08 bits per heavy atom. The summed E-state index contributed by atoms with van der Waals surface area (Å²) in [5.41, 5.74) is 2.53. The Labute approximate surface area is 148 Å². The molecule has 4 heteroatoms. The lowest BCUT2D eigenvalue weighted by atomic mass is 10.1. The second kappa shape index (κ2) is 7.97. The van der Waals surface area contributed by atoms with Gasteiger partial charge in [-0.15, -0.1) is 0 Å². The molecule has 0 heterocycles. The second-order valence-corrected chi connectivity index (χ2v) is 6.46. The third kappa shape index (κ3) is 4.69. The topological polar surface area (TPSA) is 49.4 Å². The summed E-state index contributed by atoms with van der Waals surface area (Å²) in [7, 11) is 0. The minimum Gasteiger partial charge on any atom is -0.339 e. The van der Waals surface area contributed by atoms with Crippen molar-refractivity contribution >= 4 is 17.5 Å². The van der Waals surface area contributed by atoms with E-state index in [1.807, 2.05) is 42.2 Å². The lowest BCUT2D eigenvalue weighted by molar-refractivity contribution is -0.117. The Balaban J connectivity index is 1.64. The van der Waals surface area contributed by atoms with E-state index < -0.39 is 0 Å². The van der Waals surface area contributed by atoms with Crippen molar-refractivity contribution in [2.24, 2.45) is 5.92 Å². The van der Waals surface area contributed by atoms with E-state index >= 15 is 0 Å². The van der Waals surface area contributed by atoms with Gasteiger partial charge in [-0.05, 0) is 49.9 Å². The van der Waals surface area contributed by atoms with Crippen molar-refractivity contribution in [1.29, 1.82) is 0 Å². The Bertz CT molecular complexity index is 739. The van der Waals surface area contributed by atoms with Crippen LogP contribution in [-0.4, -0.2) is 29.8 Å². The summed E-state index contributed by atoms with van der Waals surface area (Å²) in [5, 5.41) is 2.90. The van der Waals surface area contributed by atoms with Crippen molar-refractivity contribution in [2.45, 2.75) is 26.2 Å². The fraction of sp³-hybridized carbons (Fsp3) is 0.333. The number of nitrogens with zero attached hydrogens (tertiary/aromatic N) is 1. The molecular weight excluding hydrogens is 312 g/mol. The molecule has 2 aromatic carbocycles. The predicted octanol–water partition coefficient (Wildman–Crippen LogP) is 3.74. The number of hydrogen-bond donors (Lipinski definition) is 1. The van der Waals surface area contributed by atoms with Crippen LogP contribution in [0.3, 0.4) is 0 Å². The molecule has 0 radical (unpaired) electrons. The Morgan fingerprint density at radius 3 is 2.52 bits per heavy atom. The summed E-state index contributed by atoms with van der Waals surface area (Å²) in [6.45, 7) is 3.32. The molecule has 0 saturated heterocycles. The van der Waals surface area contributed by atoms with Crippen molar-refractivity contribution in [3.8, 4) is 0 Å². The predicted molar refractivity (Wildman–Crippen MR) is 99.5 cm³/mol. The third-order valence-corrected chi connectivity index (χ3v) is 4.51. The molecular formula is C21H24N2O2. The van der Waals surface area contributed by atoms with Crippen molar-refractivity contribution < 1.29 is 9.59 Å². The quantitative estimate of drug-likeness (QED) is 0.837. The molecule has 1 N–H and O–H groups in total. The van der Waals surface area contributed by atoms with Gasteiger partial charge in [-0.2, -0.15) is 0 Å². The van der Waals surface area contributed by atoms with E-state index in [1.54, 1.807) is 12.1 Å². The van der Waals surface area contributed by atoms with Crippen LogP contribution in [0.2, 0.25) is 0 Å². The van der Waals surface area contributed by atoms with Gasteiger partial charge in [-0.3, -0.25) is 9.59 Å². The minimum atomic E-state index is 0.000882. The molecule has 25 heavy (non-hydrogen) atoms. The minimum absolute atomic E-state index is 0.000882. The molecule has 2 aromatic rings. The summed E-state index contributed by atoms with van der Waals surface area (Å²) < 4.78 is 0. The number of rotatable bonds is 7. The number of benzene rings is 2. The van der Waals surface area contributed by atoms with Crippen LogP contribution in [0.5, 0.6) is 0 Å². The molecule has 130 valence electrons. The highest BCUT2D eigenvalue weighted by molar-refractivity contribution is 5.98. The van der Waals surface area contributed by atoms with Crippen molar-refractivity contribution in [2.75, 3.05) is 18.4 Å². The first kappa shape index (κ1) is 17.2. The molecule has 0 atom stereocenters. The smallest absolute Gasteiger partial charge is 0.253 e. The molecule has 0 unspecified atom stereocenters. The number of amides is 2. The Hall–Kier alpha value is -2.62. The molecule has 2 amide bonds. The van der Waals surface area contributed by atoms with Gasteiger partial charge in [0, 0.05) is 30.3 Å². The van der Waals surface area contributed by atoms with Crippen LogP contribution in [0, 0.1) is 5.92 Å². The van der Waals surface area contributed by atoms with E-state index in [0.717, 1.165) is 19.3 Å². The fourth-order valence-corrected chi connectivity index (χ4v) is 2.81. The normalized spacial score (nSPS) is 13.3. The molecule has 3 rings (SSSR count). The first-order valence-electron chi connectivity index (χ1n) is 8.91. The van der Waals surface area contributed by atoms with Gasteiger partial charge in [0.25, 0.3) is 5.91 Å². The van der Waals surface area contributed by atoms with Crippen LogP contribution in [0.1, 0.15) is 35.7 Å². The number of likely N-dealkylation sites (N-methyl/N-ethyl adjacent to an activating group) is 1. The van der Waals surface area contributed by atoms with Crippen LogP contribution in [0.25, 0.3) is 0 Å². The summed E-state index contributed by atoms with van der Waals surface area (Å²) in [4.78, 5) is 26.5.